The molecule has 0 saturated heterocycles. The van der Waals surface area contributed by atoms with Crippen molar-refractivity contribution in [1.82, 2.24) is 4.90 Å². The van der Waals surface area contributed by atoms with E-state index in [1.54, 1.807) is 0 Å². The van der Waals surface area contributed by atoms with Crippen LogP contribution in [0.15, 0.2) is 4.99 Å². The average molecular weight is 154 g/mol. The molecule has 0 amide bonds. The van der Waals surface area contributed by atoms with Gasteiger partial charge in [0, 0.05) is 13.1 Å². The molecule has 0 saturated carbocycles. The number of amidine groups is 1. The van der Waals surface area contributed by atoms with E-state index in [0.29, 0.717) is 6.04 Å². The first-order chi connectivity index (χ1) is 5.24. The quantitative estimate of drug-likeness (QED) is 0.606. The van der Waals surface area contributed by atoms with Crippen LogP contribution >= 0.6 is 0 Å². The summed E-state index contributed by atoms with van der Waals surface area (Å²) in [5, 5.41) is 0. The maximum atomic E-state index is 4.47. The molecule has 64 valence electrons. The molecule has 0 N–H and O–H groups in total. The van der Waals surface area contributed by atoms with Gasteiger partial charge in [-0.15, -0.1) is 0 Å². The third-order valence-corrected chi connectivity index (χ3v) is 2.13. The molecule has 0 aliphatic carbocycles. The number of hydrogen-bond donors (Lipinski definition) is 0. The van der Waals surface area contributed by atoms with Crippen molar-refractivity contribution in [3.8, 4) is 0 Å². The Bertz CT molecular complexity index is 152. The number of hydrogen-bond acceptors (Lipinski definition) is 2. The summed E-state index contributed by atoms with van der Waals surface area (Å²) in [4.78, 5) is 6.85. The fraction of sp³-hybridized carbons (Fsp3) is 0.889. The smallest absolute Gasteiger partial charge is 0.0962 e. The molecule has 0 bridgehead atoms. The highest BCUT2D eigenvalue weighted by Crippen LogP contribution is 2.08. The number of unbranched alkanes of at least 4 members (excludes halogenated alkanes) is 1. The summed E-state index contributed by atoms with van der Waals surface area (Å²) in [6.45, 7) is 8.84. The highest BCUT2D eigenvalue weighted by Gasteiger charge is 2.16. The maximum absolute atomic E-state index is 4.47. The Morgan fingerprint density at radius 3 is 2.82 bits per heavy atom. The summed E-state index contributed by atoms with van der Waals surface area (Å²) >= 11 is 0. The molecule has 1 rings (SSSR count). The van der Waals surface area contributed by atoms with Gasteiger partial charge in [-0.3, -0.25) is 4.99 Å². The Balaban J connectivity index is 2.32. The lowest BCUT2D eigenvalue weighted by molar-refractivity contribution is 0.418. The molecule has 0 radical (unpaired) electrons. The van der Waals surface area contributed by atoms with Crippen LogP contribution in [0.3, 0.4) is 0 Å². The van der Waals surface area contributed by atoms with Crippen molar-refractivity contribution in [3.05, 3.63) is 0 Å². The topological polar surface area (TPSA) is 15.6 Å². The second-order valence-electron chi connectivity index (χ2n) is 3.32. The minimum Gasteiger partial charge on any atom is -0.358 e. The first-order valence-electron chi connectivity index (χ1n) is 4.53. The molecule has 2 nitrogen and oxygen atoms in total. The zero-order chi connectivity index (χ0) is 8.27. The minimum absolute atomic E-state index is 0.520. The Kier molecular flexibility index (Phi) is 2.92. The molecule has 1 heterocycles. The van der Waals surface area contributed by atoms with Gasteiger partial charge in [0.2, 0.25) is 0 Å². The van der Waals surface area contributed by atoms with E-state index >= 15 is 0 Å². The maximum Gasteiger partial charge on any atom is 0.0962 e. The predicted molar refractivity (Wildman–Crippen MR) is 49.1 cm³/mol. The molecule has 0 aromatic rings. The molecule has 0 aromatic heterocycles. The van der Waals surface area contributed by atoms with Gasteiger partial charge in [-0.2, -0.15) is 0 Å². The zero-order valence-electron chi connectivity index (χ0n) is 7.80. The van der Waals surface area contributed by atoms with Gasteiger partial charge in [0.15, 0.2) is 0 Å². The molecule has 2 heteroatoms. The fourth-order valence-electron chi connectivity index (χ4n) is 1.49. The van der Waals surface area contributed by atoms with Gasteiger partial charge in [-0.25, -0.2) is 0 Å². The van der Waals surface area contributed by atoms with Crippen LogP contribution in [0.25, 0.3) is 0 Å². The third-order valence-electron chi connectivity index (χ3n) is 2.13. The number of aliphatic imine (C=N–C) groups is 1. The largest absolute Gasteiger partial charge is 0.358 e. The highest BCUT2D eigenvalue weighted by molar-refractivity contribution is 5.81. The van der Waals surface area contributed by atoms with Crippen molar-refractivity contribution in [2.75, 3.05) is 13.1 Å². The van der Waals surface area contributed by atoms with Gasteiger partial charge < -0.3 is 4.90 Å². The molecule has 0 spiro atoms. The summed E-state index contributed by atoms with van der Waals surface area (Å²) in [7, 11) is 0. The fourth-order valence-corrected chi connectivity index (χ4v) is 1.49. The Morgan fingerprint density at radius 2 is 2.36 bits per heavy atom. The second-order valence-corrected chi connectivity index (χ2v) is 3.32. The summed E-state index contributed by atoms with van der Waals surface area (Å²) in [6.07, 6.45) is 2.57. The minimum atomic E-state index is 0.520. The highest BCUT2D eigenvalue weighted by atomic mass is 15.2. The summed E-state index contributed by atoms with van der Waals surface area (Å²) in [5.74, 6) is 1.23. The first-order valence-corrected chi connectivity index (χ1v) is 4.53. The van der Waals surface area contributed by atoms with Gasteiger partial charge in [0.05, 0.1) is 11.9 Å². The van der Waals surface area contributed by atoms with Crippen LogP contribution in [0.1, 0.15) is 33.6 Å². The van der Waals surface area contributed by atoms with Gasteiger partial charge in [0.25, 0.3) is 0 Å². The molecule has 1 aliphatic heterocycles. The van der Waals surface area contributed by atoms with Crippen molar-refractivity contribution in [3.63, 3.8) is 0 Å². The normalized spacial score (nSPS) is 24.1. The molecule has 0 fully saturated rings. The summed E-state index contributed by atoms with van der Waals surface area (Å²) in [5.41, 5.74) is 0. The third kappa shape index (κ3) is 2.21. The lowest BCUT2D eigenvalue weighted by Crippen LogP contribution is -2.27. The number of rotatable bonds is 3. The monoisotopic (exact) mass is 154 g/mol. The van der Waals surface area contributed by atoms with Crippen molar-refractivity contribution in [2.24, 2.45) is 4.99 Å². The van der Waals surface area contributed by atoms with Crippen LogP contribution in [0.4, 0.5) is 0 Å². The van der Waals surface area contributed by atoms with E-state index in [1.165, 1.54) is 25.2 Å². The van der Waals surface area contributed by atoms with Crippen LogP contribution in [0, 0.1) is 0 Å². The Labute approximate surface area is 69.3 Å². The number of nitrogens with zero attached hydrogens (tertiary/aromatic N) is 2. The van der Waals surface area contributed by atoms with Gasteiger partial charge in [-0.05, 0) is 20.3 Å². The molecule has 0 aromatic carbocycles. The predicted octanol–water partition coefficient (Wildman–Crippen LogP) is 1.91. The van der Waals surface area contributed by atoms with Crippen molar-refractivity contribution in [1.29, 1.82) is 0 Å². The molecular weight excluding hydrogens is 136 g/mol. The molecule has 11 heavy (non-hydrogen) atoms. The summed E-state index contributed by atoms with van der Waals surface area (Å²) < 4.78 is 0. The van der Waals surface area contributed by atoms with E-state index in [0.717, 1.165) is 6.54 Å². The zero-order valence-corrected chi connectivity index (χ0v) is 7.80. The van der Waals surface area contributed by atoms with Crippen molar-refractivity contribution in [2.45, 2.75) is 39.7 Å². The van der Waals surface area contributed by atoms with Crippen LogP contribution in [0.2, 0.25) is 0 Å². The van der Waals surface area contributed by atoms with Crippen LogP contribution in [0.5, 0.6) is 0 Å². The van der Waals surface area contributed by atoms with E-state index < -0.39 is 0 Å². The molecule has 1 unspecified atom stereocenters. The van der Waals surface area contributed by atoms with Crippen LogP contribution in [-0.2, 0) is 0 Å². The van der Waals surface area contributed by atoms with Gasteiger partial charge >= 0.3 is 0 Å². The van der Waals surface area contributed by atoms with Gasteiger partial charge in [-0.1, -0.05) is 13.3 Å². The van der Waals surface area contributed by atoms with Crippen LogP contribution in [-0.4, -0.2) is 29.9 Å². The van der Waals surface area contributed by atoms with Crippen LogP contribution < -0.4 is 0 Å². The Morgan fingerprint density at radius 1 is 1.64 bits per heavy atom. The Hall–Kier alpha value is -0.530. The van der Waals surface area contributed by atoms with E-state index in [9.17, 15) is 0 Å². The van der Waals surface area contributed by atoms with Gasteiger partial charge in [0.1, 0.15) is 0 Å². The SMILES string of the molecule is CCCCN1CC(C)N=C1C. The average Bonchev–Trinajstić information content (AvgIpc) is 2.26. The second kappa shape index (κ2) is 3.74. The summed E-state index contributed by atoms with van der Waals surface area (Å²) in [6, 6.07) is 0.520. The van der Waals surface area contributed by atoms with E-state index in [4.69, 9.17) is 0 Å². The van der Waals surface area contributed by atoms with E-state index in [-0.39, 0.29) is 0 Å². The lowest BCUT2D eigenvalue weighted by atomic mass is 10.3. The molecule has 1 aliphatic rings. The molecular formula is C9H18N2. The van der Waals surface area contributed by atoms with E-state index in [2.05, 4.69) is 30.7 Å². The first kappa shape index (κ1) is 8.57. The van der Waals surface area contributed by atoms with E-state index in [1.807, 2.05) is 0 Å². The standard InChI is InChI=1S/C9H18N2/c1-4-5-6-11-7-8(2)10-9(11)3/h8H,4-7H2,1-3H3. The lowest BCUT2D eigenvalue weighted by Gasteiger charge is -2.17. The molecule has 1 atom stereocenters. The van der Waals surface area contributed by atoms with Crippen molar-refractivity contribution >= 4 is 5.84 Å². The van der Waals surface area contributed by atoms with Crippen molar-refractivity contribution < 1.29 is 0 Å².